The molecule has 0 radical (unpaired) electrons. The van der Waals surface area contributed by atoms with E-state index in [1.807, 2.05) is 36.4 Å². The zero-order chi connectivity index (χ0) is 19.0. The van der Waals surface area contributed by atoms with E-state index in [1.165, 1.54) is 17.0 Å². The van der Waals surface area contributed by atoms with Gasteiger partial charge in [-0.2, -0.15) is 0 Å². The fourth-order valence-electron chi connectivity index (χ4n) is 3.19. The number of hydrogen-bond acceptors (Lipinski definition) is 4. The summed E-state index contributed by atoms with van der Waals surface area (Å²) < 4.78 is 0.906. The summed E-state index contributed by atoms with van der Waals surface area (Å²) in [5.74, 6) is -0.204. The molecule has 3 aromatic rings. The number of nitrogens with zero attached hydrogens (tertiary/aromatic N) is 2. The van der Waals surface area contributed by atoms with Gasteiger partial charge in [-0.3, -0.25) is 4.79 Å². The van der Waals surface area contributed by atoms with Gasteiger partial charge < -0.3 is 15.1 Å². The van der Waals surface area contributed by atoms with Crippen molar-refractivity contribution in [2.75, 3.05) is 43.4 Å². The van der Waals surface area contributed by atoms with Gasteiger partial charge in [-0.1, -0.05) is 29.3 Å². The Bertz CT molecular complexity index is 979. The summed E-state index contributed by atoms with van der Waals surface area (Å²) in [5, 5.41) is 4.89. The molecule has 4 rings (SSSR count). The molecule has 1 amide bonds. The third-order valence-electron chi connectivity index (χ3n) is 4.79. The lowest BCUT2D eigenvalue weighted by molar-refractivity contribution is 0.103. The first-order valence-corrected chi connectivity index (χ1v) is 10.3. The van der Waals surface area contributed by atoms with Crippen LogP contribution < -0.4 is 10.2 Å². The monoisotopic (exact) mass is 419 g/mol. The van der Waals surface area contributed by atoms with E-state index in [0.717, 1.165) is 42.0 Å². The number of anilines is 2. The average molecular weight is 420 g/mol. The molecular formula is C20H19Cl2N3OS. The molecule has 1 N–H and O–H groups in total. The number of halogens is 2. The van der Waals surface area contributed by atoms with Crippen molar-refractivity contribution >= 4 is 61.9 Å². The summed E-state index contributed by atoms with van der Waals surface area (Å²) in [6.45, 7) is 4.16. The van der Waals surface area contributed by atoms with Crippen LogP contribution in [-0.4, -0.2) is 44.0 Å². The molecule has 4 nitrogen and oxygen atoms in total. The van der Waals surface area contributed by atoms with E-state index in [2.05, 4.69) is 22.2 Å². The Morgan fingerprint density at radius 3 is 2.44 bits per heavy atom. The molecule has 0 bridgehead atoms. The minimum atomic E-state index is -0.204. The Kier molecular flexibility index (Phi) is 5.28. The topological polar surface area (TPSA) is 35.6 Å². The van der Waals surface area contributed by atoms with E-state index >= 15 is 0 Å². The fourth-order valence-corrected chi connectivity index (χ4v) is 4.88. The quantitative estimate of drug-likeness (QED) is 0.632. The molecule has 140 valence electrons. The summed E-state index contributed by atoms with van der Waals surface area (Å²) >= 11 is 13.8. The van der Waals surface area contributed by atoms with Gasteiger partial charge in [-0.25, -0.2) is 0 Å². The van der Waals surface area contributed by atoms with Crippen molar-refractivity contribution in [1.82, 2.24) is 4.90 Å². The highest BCUT2D eigenvalue weighted by Gasteiger charge is 2.18. The van der Waals surface area contributed by atoms with Gasteiger partial charge in [0.15, 0.2) is 0 Å². The first-order valence-electron chi connectivity index (χ1n) is 8.74. The minimum absolute atomic E-state index is 0.204. The highest BCUT2D eigenvalue weighted by Crippen LogP contribution is 2.37. The van der Waals surface area contributed by atoms with Crippen molar-refractivity contribution in [2.45, 2.75) is 0 Å². The Balaban J connectivity index is 1.49. The Hall–Kier alpha value is -1.79. The van der Waals surface area contributed by atoms with E-state index in [1.54, 1.807) is 6.07 Å². The molecule has 0 atom stereocenters. The molecule has 2 heterocycles. The van der Waals surface area contributed by atoms with Crippen LogP contribution >= 0.6 is 34.5 Å². The maximum absolute atomic E-state index is 12.7. The summed E-state index contributed by atoms with van der Waals surface area (Å²) in [6.07, 6.45) is 0. The van der Waals surface area contributed by atoms with Crippen LogP contribution in [0.5, 0.6) is 0 Å². The number of thiophene rings is 1. The maximum atomic E-state index is 12.7. The van der Waals surface area contributed by atoms with E-state index < -0.39 is 0 Å². The summed E-state index contributed by atoms with van der Waals surface area (Å²) in [5.41, 5.74) is 1.93. The average Bonchev–Trinajstić information content (AvgIpc) is 2.99. The number of fused-ring (bicyclic) bond motifs is 1. The van der Waals surface area contributed by atoms with Gasteiger partial charge in [-0.05, 0) is 43.4 Å². The second-order valence-corrected chi connectivity index (χ2v) is 8.54. The SMILES string of the molecule is CN1CCN(c2ccc(NC(=O)c3sc4cc(Cl)ccc4c3Cl)cc2)CC1. The number of rotatable bonds is 3. The number of piperazine rings is 1. The molecule has 1 fully saturated rings. The summed E-state index contributed by atoms with van der Waals surface area (Å²) in [4.78, 5) is 17.9. The second-order valence-electron chi connectivity index (χ2n) is 6.68. The van der Waals surface area contributed by atoms with Crippen LogP contribution in [0, 0.1) is 0 Å². The minimum Gasteiger partial charge on any atom is -0.369 e. The van der Waals surface area contributed by atoms with Crippen LogP contribution in [-0.2, 0) is 0 Å². The Labute approximate surface area is 172 Å². The number of carbonyl (C=O) groups excluding carboxylic acids is 1. The zero-order valence-electron chi connectivity index (χ0n) is 14.8. The lowest BCUT2D eigenvalue weighted by atomic mass is 10.2. The van der Waals surface area contributed by atoms with E-state index in [0.29, 0.717) is 14.9 Å². The molecule has 0 spiro atoms. The highest BCUT2D eigenvalue weighted by atomic mass is 35.5. The van der Waals surface area contributed by atoms with Crippen molar-refractivity contribution in [3.05, 3.63) is 57.4 Å². The van der Waals surface area contributed by atoms with Crippen LogP contribution in [0.25, 0.3) is 10.1 Å². The predicted molar refractivity (Wildman–Crippen MR) is 116 cm³/mol. The van der Waals surface area contributed by atoms with E-state index in [4.69, 9.17) is 23.2 Å². The Morgan fingerprint density at radius 1 is 1.04 bits per heavy atom. The van der Waals surface area contributed by atoms with Crippen LogP contribution in [0.3, 0.4) is 0 Å². The van der Waals surface area contributed by atoms with Gasteiger partial charge in [-0.15, -0.1) is 11.3 Å². The Morgan fingerprint density at radius 2 is 1.74 bits per heavy atom. The number of hydrogen-bond donors (Lipinski definition) is 1. The third kappa shape index (κ3) is 3.92. The number of likely N-dealkylation sites (N-methyl/N-ethyl adjacent to an activating group) is 1. The number of carbonyl (C=O) groups is 1. The van der Waals surface area contributed by atoms with Gasteiger partial charge >= 0.3 is 0 Å². The standard InChI is InChI=1S/C20H19Cl2N3OS/c1-24-8-10-25(11-9-24)15-5-3-14(4-6-15)23-20(26)19-18(22)16-7-2-13(21)12-17(16)27-19/h2-7,12H,8-11H2,1H3,(H,23,26). The molecule has 0 unspecified atom stereocenters. The first kappa shape index (κ1) is 18.6. The van der Waals surface area contributed by atoms with Crippen molar-refractivity contribution < 1.29 is 4.79 Å². The predicted octanol–water partition coefficient (Wildman–Crippen LogP) is 5.21. The molecule has 27 heavy (non-hydrogen) atoms. The van der Waals surface area contributed by atoms with Gasteiger partial charge in [0.2, 0.25) is 0 Å². The van der Waals surface area contributed by atoms with Crippen molar-refractivity contribution in [2.24, 2.45) is 0 Å². The van der Waals surface area contributed by atoms with Crippen LogP contribution in [0.2, 0.25) is 10.0 Å². The zero-order valence-corrected chi connectivity index (χ0v) is 17.2. The third-order valence-corrected chi connectivity index (χ3v) is 6.68. The lowest BCUT2D eigenvalue weighted by Gasteiger charge is -2.34. The molecule has 0 saturated carbocycles. The number of benzene rings is 2. The molecule has 1 saturated heterocycles. The molecular weight excluding hydrogens is 401 g/mol. The fraction of sp³-hybridized carbons (Fsp3) is 0.250. The van der Waals surface area contributed by atoms with Crippen molar-refractivity contribution in [3.63, 3.8) is 0 Å². The molecule has 0 aliphatic carbocycles. The van der Waals surface area contributed by atoms with Crippen LogP contribution in [0.4, 0.5) is 11.4 Å². The first-order chi connectivity index (χ1) is 13.0. The maximum Gasteiger partial charge on any atom is 0.267 e. The normalized spacial score (nSPS) is 15.3. The highest BCUT2D eigenvalue weighted by molar-refractivity contribution is 7.21. The molecule has 7 heteroatoms. The van der Waals surface area contributed by atoms with Gasteiger partial charge in [0.05, 0.1) is 5.02 Å². The second kappa shape index (κ2) is 7.68. The number of amides is 1. The van der Waals surface area contributed by atoms with E-state index in [9.17, 15) is 4.79 Å². The van der Waals surface area contributed by atoms with Crippen LogP contribution in [0.15, 0.2) is 42.5 Å². The van der Waals surface area contributed by atoms with Gasteiger partial charge in [0, 0.05) is 52.7 Å². The molecule has 1 aromatic heterocycles. The molecule has 1 aliphatic rings. The smallest absolute Gasteiger partial charge is 0.267 e. The summed E-state index contributed by atoms with van der Waals surface area (Å²) in [7, 11) is 2.14. The van der Waals surface area contributed by atoms with Crippen LogP contribution in [0.1, 0.15) is 9.67 Å². The van der Waals surface area contributed by atoms with Gasteiger partial charge in [0.1, 0.15) is 4.88 Å². The number of nitrogens with one attached hydrogen (secondary N) is 1. The van der Waals surface area contributed by atoms with Gasteiger partial charge in [0.25, 0.3) is 5.91 Å². The molecule has 2 aromatic carbocycles. The van der Waals surface area contributed by atoms with E-state index in [-0.39, 0.29) is 5.91 Å². The largest absolute Gasteiger partial charge is 0.369 e. The van der Waals surface area contributed by atoms with Crippen molar-refractivity contribution in [3.8, 4) is 0 Å². The lowest BCUT2D eigenvalue weighted by Crippen LogP contribution is -2.44. The summed E-state index contributed by atoms with van der Waals surface area (Å²) in [6, 6.07) is 13.4. The molecule has 1 aliphatic heterocycles. The van der Waals surface area contributed by atoms with Crippen molar-refractivity contribution in [1.29, 1.82) is 0 Å².